The third-order valence-corrected chi connectivity index (χ3v) is 19.9. The van der Waals surface area contributed by atoms with Crippen molar-refractivity contribution in [2.75, 3.05) is 84.1 Å². The zero-order valence-electron chi connectivity index (χ0n) is 47.6. The maximum absolute atomic E-state index is 15.2. The number of rotatable bonds is 12. The molecule has 9 aliphatic rings. The molecule has 13 rings (SSSR count). The molecule has 8 fully saturated rings. The van der Waals surface area contributed by atoms with Gasteiger partial charge in [0.1, 0.15) is 30.3 Å². The number of hydrogen-bond donors (Lipinski definition) is 3. The summed E-state index contributed by atoms with van der Waals surface area (Å²) in [5.41, 5.74) is 6.34. The van der Waals surface area contributed by atoms with Gasteiger partial charge in [0.15, 0.2) is 0 Å². The van der Waals surface area contributed by atoms with Crippen LogP contribution in [0.15, 0.2) is 35.8 Å². The van der Waals surface area contributed by atoms with Crippen molar-refractivity contribution in [3.8, 4) is 22.5 Å². The molecule has 3 N–H and O–H groups in total. The van der Waals surface area contributed by atoms with Gasteiger partial charge >= 0.3 is 12.1 Å². The van der Waals surface area contributed by atoms with Gasteiger partial charge in [-0.15, -0.1) is 11.3 Å². The molecule has 3 amide bonds. The second kappa shape index (κ2) is 22.0. The van der Waals surface area contributed by atoms with Gasteiger partial charge in [0.2, 0.25) is 11.8 Å². The van der Waals surface area contributed by atoms with Crippen LogP contribution in [0, 0.1) is 17.3 Å². The lowest BCUT2D eigenvalue weighted by atomic mass is 9.84. The number of halogens is 3. The van der Waals surface area contributed by atoms with Crippen molar-refractivity contribution in [1.82, 2.24) is 50.3 Å². The summed E-state index contributed by atoms with van der Waals surface area (Å²) in [7, 11) is 1.57. The third-order valence-electron chi connectivity index (χ3n) is 19.1. The van der Waals surface area contributed by atoms with Crippen LogP contribution in [-0.2, 0) is 52.8 Å². The predicted octanol–water partition coefficient (Wildman–Crippen LogP) is 6.25. The van der Waals surface area contributed by atoms with Crippen molar-refractivity contribution in [2.24, 2.45) is 17.3 Å². The molecule has 6 bridgehead atoms. The molecule has 1 aromatic carbocycles. The fourth-order valence-electron chi connectivity index (χ4n) is 14.3. The number of anilines is 1. The fraction of sp³-hybridized carbons (Fsp3) is 0.667. The zero-order chi connectivity index (χ0) is 56.8. The lowest BCUT2D eigenvalue weighted by Gasteiger charge is -2.55. The molecule has 1 spiro atoms. The normalized spacial score (nSPS) is 27.3. The van der Waals surface area contributed by atoms with E-state index in [1.165, 1.54) is 46.6 Å². The van der Waals surface area contributed by atoms with Gasteiger partial charge < -0.3 is 33.9 Å². The van der Waals surface area contributed by atoms with Crippen molar-refractivity contribution in [1.29, 1.82) is 0 Å². The SMILES string of the molecule is CO[C@@H](C)c1ncc(N2CCN(C3CC3)CC2)cc1-c1c2c3cc(ccc3n1CC(F)(F)F)-c1csc(n1)C[C@H](NC(=O)[C@H](C1CCCC1)N1CCOC3(CN(C(=O)[C@@H]4N[C@@H]4C4CC4)C3)C1)C(=O)N1CCC[C@H](N1)C(=O)OCC(C)(C)C2. The summed E-state index contributed by atoms with van der Waals surface area (Å²) in [6, 6.07) is 5.74. The Bertz CT molecular complexity index is 3090. The molecule has 442 valence electrons. The van der Waals surface area contributed by atoms with Crippen molar-refractivity contribution in [3.63, 3.8) is 0 Å². The monoisotopic (exact) mass is 1150 g/mol. The van der Waals surface area contributed by atoms with Crippen LogP contribution < -0.4 is 21.0 Å². The van der Waals surface area contributed by atoms with Crippen LogP contribution >= 0.6 is 11.3 Å². The van der Waals surface area contributed by atoms with E-state index in [1.54, 1.807) is 19.2 Å². The summed E-state index contributed by atoms with van der Waals surface area (Å²) < 4.78 is 65.5. The van der Waals surface area contributed by atoms with Crippen LogP contribution in [0.2, 0.25) is 0 Å². The highest BCUT2D eigenvalue weighted by molar-refractivity contribution is 7.10. The van der Waals surface area contributed by atoms with E-state index in [9.17, 15) is 9.59 Å². The highest BCUT2D eigenvalue weighted by Crippen LogP contribution is 2.46. The molecule has 6 atom stereocenters. The lowest BCUT2D eigenvalue weighted by molar-refractivity contribution is -0.197. The van der Waals surface area contributed by atoms with Gasteiger partial charge in [-0.25, -0.2) is 10.4 Å². The number of carbonyl (C=O) groups is 4. The Labute approximate surface area is 481 Å². The van der Waals surface area contributed by atoms with Crippen molar-refractivity contribution >= 4 is 51.6 Å². The largest absolute Gasteiger partial charge is 0.464 e. The van der Waals surface area contributed by atoms with Gasteiger partial charge in [0, 0.05) is 104 Å². The van der Waals surface area contributed by atoms with Crippen molar-refractivity contribution in [3.05, 3.63) is 52.1 Å². The Morgan fingerprint density at radius 2 is 1.74 bits per heavy atom. The predicted molar refractivity (Wildman–Crippen MR) is 303 cm³/mol. The van der Waals surface area contributed by atoms with E-state index in [1.807, 2.05) is 49.4 Å². The quantitative estimate of drug-likeness (QED) is 0.107. The first-order valence-corrected chi connectivity index (χ1v) is 30.9. The smallest absolute Gasteiger partial charge is 0.406 e. The van der Waals surface area contributed by atoms with E-state index in [0.29, 0.717) is 114 Å². The lowest BCUT2D eigenvalue weighted by Crippen LogP contribution is -2.73. The number of esters is 1. The van der Waals surface area contributed by atoms with E-state index >= 15 is 22.8 Å². The molecule has 0 radical (unpaired) electrons. The van der Waals surface area contributed by atoms with Crippen LogP contribution in [0.5, 0.6) is 0 Å². The number of nitrogens with one attached hydrogen (secondary N) is 3. The summed E-state index contributed by atoms with van der Waals surface area (Å²) in [5.74, 6) is -0.426. The maximum Gasteiger partial charge on any atom is 0.406 e. The second-order valence-electron chi connectivity index (χ2n) is 25.9. The number of carbonyl (C=O) groups excluding carboxylic acids is 4. The molecule has 9 heterocycles. The summed E-state index contributed by atoms with van der Waals surface area (Å²) >= 11 is 1.35. The molecule has 22 heteroatoms. The Balaban J connectivity index is 0.843. The fourth-order valence-corrected chi connectivity index (χ4v) is 15.2. The number of alkyl halides is 3. The summed E-state index contributed by atoms with van der Waals surface area (Å²) in [6.07, 6.45) is 6.31. The highest BCUT2D eigenvalue weighted by Gasteiger charge is 2.58. The Kier molecular flexibility index (Phi) is 15.0. The third kappa shape index (κ3) is 11.4. The van der Waals surface area contributed by atoms with E-state index in [-0.39, 0.29) is 49.3 Å². The van der Waals surface area contributed by atoms with Gasteiger partial charge in [0.05, 0.1) is 72.4 Å². The number of thiazole rings is 1. The first kappa shape index (κ1) is 55.9. The summed E-state index contributed by atoms with van der Waals surface area (Å²) in [5, 5.41) is 11.2. The van der Waals surface area contributed by atoms with Crippen LogP contribution in [0.25, 0.3) is 33.4 Å². The minimum atomic E-state index is -4.60. The minimum Gasteiger partial charge on any atom is -0.464 e. The Morgan fingerprint density at radius 1 is 0.963 bits per heavy atom. The van der Waals surface area contributed by atoms with Crippen molar-refractivity contribution in [2.45, 2.75) is 158 Å². The number of hydrazine groups is 1. The molecule has 0 unspecified atom stereocenters. The number of cyclic esters (lactones) is 1. The van der Waals surface area contributed by atoms with Crippen LogP contribution in [0.3, 0.4) is 0 Å². The number of ether oxygens (including phenoxy) is 3. The number of hydrogen-bond acceptors (Lipinski definition) is 15. The number of fused-ring (bicyclic) bond motifs is 6. The second-order valence-corrected chi connectivity index (χ2v) is 26.8. The standard InChI is InChI=1S/C60H78F3N11O7S/c1-35(79-4)49-42(25-40(28-64-49)70-20-18-69(19-21-70)39-14-15-39)53-43-27-58(2,3)34-80-57(78)44-10-7-17-74(68-44)55(76)45(26-48-65-46(29-82-48)38-13-16-47(41(43)24-38)73(53)33-60(61,62)63)66-54(75)52(37-8-5-6-9-37)71-22-23-81-59(30-71)31-72(32-59)56(77)51-50(67-51)36-11-12-36/h13,16,24-25,28-29,35-37,39,44-45,50-52,67-68H,5-12,14-15,17-23,26-27,30-34H2,1-4H3,(H,66,75)/t35-,44-,45-,50+,51+,52-/m0/s1. The van der Waals surface area contributed by atoms with Gasteiger partial charge in [-0.1, -0.05) is 32.8 Å². The zero-order valence-corrected chi connectivity index (χ0v) is 48.4. The first-order valence-electron chi connectivity index (χ1n) is 30.1. The number of methoxy groups -OCH3 is 1. The number of benzene rings is 1. The van der Waals surface area contributed by atoms with E-state index < -0.39 is 59.8 Å². The molecular formula is C60H78F3N11O7S. The van der Waals surface area contributed by atoms with Crippen LogP contribution in [-0.4, -0.2) is 185 Å². The van der Waals surface area contributed by atoms with E-state index in [0.717, 1.165) is 57.5 Å². The number of morpholine rings is 1. The van der Waals surface area contributed by atoms with Gasteiger partial charge in [-0.2, -0.15) is 13.2 Å². The molecule has 4 aromatic rings. The van der Waals surface area contributed by atoms with Crippen molar-refractivity contribution < 1.29 is 46.6 Å². The molecular weight excluding hydrogens is 1080 g/mol. The van der Waals surface area contributed by atoms with E-state index in [4.69, 9.17) is 24.2 Å². The topological polar surface area (TPSA) is 189 Å². The average molecular weight is 1150 g/mol. The summed E-state index contributed by atoms with van der Waals surface area (Å²) in [6.45, 7) is 10.4. The number of pyridine rings is 1. The molecule has 3 aromatic heterocycles. The number of amides is 3. The van der Waals surface area contributed by atoms with Gasteiger partial charge in [-0.05, 0) is 100 Å². The average Bonchev–Trinajstić information content (AvgIpc) is 4.61. The molecule has 5 saturated heterocycles. The number of piperazine rings is 1. The number of nitrogens with zero attached hydrogens (tertiary/aromatic N) is 8. The van der Waals surface area contributed by atoms with Gasteiger partial charge in [0.25, 0.3) is 5.91 Å². The van der Waals surface area contributed by atoms with E-state index in [2.05, 4.69) is 30.8 Å². The van der Waals surface area contributed by atoms with Crippen LogP contribution in [0.1, 0.15) is 107 Å². The molecule has 3 aliphatic carbocycles. The maximum atomic E-state index is 15.2. The molecule has 3 saturated carbocycles. The number of aromatic nitrogens is 3. The Morgan fingerprint density at radius 3 is 2.48 bits per heavy atom. The Hall–Kier alpha value is -5.23. The van der Waals surface area contributed by atoms with Crippen LogP contribution in [0.4, 0.5) is 18.9 Å². The molecule has 6 aliphatic heterocycles. The number of likely N-dealkylation sites (tertiary alicyclic amines) is 1. The molecule has 18 nitrogen and oxygen atoms in total. The summed E-state index contributed by atoms with van der Waals surface area (Å²) in [4.78, 5) is 77.0. The highest BCUT2D eigenvalue weighted by atomic mass is 32.1. The minimum absolute atomic E-state index is 0.0499. The first-order chi connectivity index (χ1) is 39.4. The molecule has 82 heavy (non-hydrogen) atoms. The van der Waals surface area contributed by atoms with Gasteiger partial charge in [-0.3, -0.25) is 44.3 Å².